The first-order valence-corrected chi connectivity index (χ1v) is 17.6. The Morgan fingerprint density at radius 3 is 1.34 bits per heavy atom. The molecule has 0 saturated heterocycles. The summed E-state index contributed by atoms with van der Waals surface area (Å²) >= 11 is -1.44. The Balaban J connectivity index is 0.00000151. The van der Waals surface area contributed by atoms with Crippen LogP contribution < -0.4 is 24.8 Å². The quantitative estimate of drug-likeness (QED) is 0.261. The molecule has 2 atom stereocenters. The summed E-state index contributed by atoms with van der Waals surface area (Å²) in [6.45, 7) is 0. The third kappa shape index (κ3) is 4.91. The monoisotopic (exact) mass is 734 g/mol. The van der Waals surface area contributed by atoms with Crippen LogP contribution in [0.5, 0.6) is 0 Å². The van der Waals surface area contributed by atoms with Gasteiger partial charge < -0.3 is 24.8 Å². The van der Waals surface area contributed by atoms with Crippen LogP contribution in [0.3, 0.4) is 0 Å². The normalized spacial score (nSPS) is 16.6. The van der Waals surface area contributed by atoms with Crippen molar-refractivity contribution in [2.45, 2.75) is 7.35 Å². The molecule has 41 heavy (non-hydrogen) atoms. The van der Waals surface area contributed by atoms with Gasteiger partial charge in [0.2, 0.25) is 0 Å². The number of halogens is 2. The van der Waals surface area contributed by atoms with E-state index in [1.807, 2.05) is 0 Å². The van der Waals surface area contributed by atoms with E-state index in [2.05, 4.69) is 133 Å². The van der Waals surface area contributed by atoms with Gasteiger partial charge in [-0.3, -0.25) is 0 Å². The van der Waals surface area contributed by atoms with Crippen molar-refractivity contribution in [3.8, 4) is 0 Å². The second kappa shape index (κ2) is 11.5. The first kappa shape index (κ1) is 27.8. The summed E-state index contributed by atoms with van der Waals surface area (Å²) in [5.41, 5.74) is 12.8. The zero-order valence-electron chi connectivity index (χ0n) is 22.0. The Kier molecular flexibility index (Phi) is 7.78. The van der Waals surface area contributed by atoms with E-state index in [-0.39, 0.29) is 24.8 Å². The molecule has 196 valence electrons. The molecule has 4 aromatic carbocycles. The fraction of sp³-hybridized carbons (Fsp3) is 0.0556. The summed E-state index contributed by atoms with van der Waals surface area (Å²) in [5, 5.41) is 2.38. The molecule has 0 N–H and O–H groups in total. The first-order valence-electron chi connectivity index (χ1n) is 13.4. The van der Waals surface area contributed by atoms with Crippen LogP contribution in [0, 0.1) is 0 Å². The molecule has 2 nitrogen and oxygen atoms in total. The smallest absolute Gasteiger partial charge is 1.00 e. The van der Waals surface area contributed by atoms with Crippen LogP contribution in [0.4, 0.5) is 0 Å². The third-order valence-corrected chi connectivity index (χ3v) is 14.8. The van der Waals surface area contributed by atoms with Crippen LogP contribution in [0.2, 0.25) is 0 Å². The molecule has 5 heteroatoms. The van der Waals surface area contributed by atoms with Crippen molar-refractivity contribution in [1.82, 2.24) is 9.97 Å². The van der Waals surface area contributed by atoms with Crippen molar-refractivity contribution in [3.05, 3.63) is 155 Å². The number of aromatic nitrogens is 2. The summed E-state index contributed by atoms with van der Waals surface area (Å²) in [6, 6.07) is 43.7. The van der Waals surface area contributed by atoms with Crippen LogP contribution in [0.1, 0.15) is 41.0 Å². The van der Waals surface area contributed by atoms with Gasteiger partial charge in [0.15, 0.2) is 0 Å². The zero-order valence-corrected chi connectivity index (χ0v) is 27.1. The number of pyridine rings is 2. The molecular formula is C36H24Cl2HfN2. The second-order valence-electron chi connectivity index (χ2n) is 10.3. The van der Waals surface area contributed by atoms with Gasteiger partial charge in [0, 0.05) is 0 Å². The van der Waals surface area contributed by atoms with Gasteiger partial charge in [-0.2, -0.15) is 0 Å². The number of hydrogen-bond acceptors (Lipinski definition) is 2. The molecule has 0 aliphatic heterocycles. The van der Waals surface area contributed by atoms with Crippen LogP contribution in [-0.2, 0) is 22.9 Å². The standard InChI is InChI=1S/2C18H12N.2ClH.Hf/c2*1-2-7-15-12-16(11-14(15)6-1)18-10-9-13-5-3-4-8-17(13)19-18;;;/h2*1-12H;2*1H;/q;;;;+2/p-2. The van der Waals surface area contributed by atoms with E-state index in [0.29, 0.717) is 7.35 Å². The average Bonchev–Trinajstić information content (AvgIpc) is 3.55. The van der Waals surface area contributed by atoms with Crippen LogP contribution in [0.25, 0.3) is 45.1 Å². The van der Waals surface area contributed by atoms with Gasteiger partial charge in [-0.05, 0) is 0 Å². The molecule has 2 unspecified atom stereocenters. The number of allylic oxidation sites excluding steroid dienone is 2. The topological polar surface area (TPSA) is 25.8 Å². The predicted octanol–water partition coefficient (Wildman–Crippen LogP) is 2.76. The third-order valence-electron chi connectivity index (χ3n) is 7.98. The molecule has 0 fully saturated rings. The summed E-state index contributed by atoms with van der Waals surface area (Å²) < 4.78 is 0.879. The molecule has 2 heterocycles. The first-order chi connectivity index (χ1) is 19.3. The van der Waals surface area contributed by atoms with E-state index in [1.165, 1.54) is 44.2 Å². The van der Waals surface area contributed by atoms with Gasteiger partial charge in [0.1, 0.15) is 0 Å². The molecule has 6 aromatic rings. The molecule has 0 amide bonds. The predicted molar refractivity (Wildman–Crippen MR) is 158 cm³/mol. The maximum Gasteiger partial charge on any atom is -1.00 e. The Morgan fingerprint density at radius 1 is 0.439 bits per heavy atom. The van der Waals surface area contributed by atoms with Crippen molar-refractivity contribution < 1.29 is 47.7 Å². The van der Waals surface area contributed by atoms with Gasteiger partial charge in [-0.1, -0.05) is 0 Å². The average molecular weight is 734 g/mol. The number of hydrogen-bond donors (Lipinski definition) is 0. The minimum absolute atomic E-state index is 0. The zero-order chi connectivity index (χ0) is 25.8. The van der Waals surface area contributed by atoms with Gasteiger partial charge in [-0.25, -0.2) is 0 Å². The molecular weight excluding hydrogens is 710 g/mol. The number of nitrogens with zero attached hydrogens (tertiary/aromatic N) is 2. The number of para-hydroxylation sites is 2. The van der Waals surface area contributed by atoms with Crippen LogP contribution in [0.15, 0.2) is 121 Å². The van der Waals surface area contributed by atoms with E-state index in [0.717, 1.165) is 22.4 Å². The Labute approximate surface area is 263 Å². The molecule has 2 aliphatic rings. The van der Waals surface area contributed by atoms with Crippen LogP contribution >= 0.6 is 0 Å². The number of rotatable bonds is 4. The molecule has 2 aliphatic carbocycles. The molecule has 2 aromatic heterocycles. The molecule has 8 rings (SSSR count). The fourth-order valence-corrected chi connectivity index (χ4v) is 13.4. The van der Waals surface area contributed by atoms with E-state index < -0.39 is 22.9 Å². The maximum atomic E-state index is 5.16. The van der Waals surface area contributed by atoms with Gasteiger partial charge in [-0.15, -0.1) is 0 Å². The van der Waals surface area contributed by atoms with Crippen molar-refractivity contribution in [1.29, 1.82) is 0 Å². The van der Waals surface area contributed by atoms with E-state index in [9.17, 15) is 0 Å². The Hall–Kier alpha value is -3.37. The fourth-order valence-electron chi connectivity index (χ4n) is 6.07. The minimum Gasteiger partial charge on any atom is -1.00 e. The van der Waals surface area contributed by atoms with Crippen molar-refractivity contribution in [2.24, 2.45) is 0 Å². The van der Waals surface area contributed by atoms with E-state index >= 15 is 0 Å². The van der Waals surface area contributed by atoms with Gasteiger partial charge in [0.05, 0.1) is 0 Å². The maximum absolute atomic E-state index is 5.16. The van der Waals surface area contributed by atoms with Crippen LogP contribution in [-0.4, -0.2) is 9.97 Å². The Bertz CT molecular complexity index is 1840. The van der Waals surface area contributed by atoms with Crippen molar-refractivity contribution >= 4 is 45.1 Å². The summed E-state index contributed by atoms with van der Waals surface area (Å²) in [4.78, 5) is 10.3. The van der Waals surface area contributed by atoms with E-state index in [1.54, 1.807) is 0 Å². The van der Waals surface area contributed by atoms with E-state index in [4.69, 9.17) is 9.97 Å². The van der Waals surface area contributed by atoms with Gasteiger partial charge in [0.25, 0.3) is 0 Å². The van der Waals surface area contributed by atoms with Crippen molar-refractivity contribution in [3.63, 3.8) is 0 Å². The largest absolute Gasteiger partial charge is 1.00 e. The summed E-state index contributed by atoms with van der Waals surface area (Å²) in [7, 11) is 0. The number of fused-ring (bicyclic) bond motifs is 4. The molecule has 0 radical (unpaired) electrons. The summed E-state index contributed by atoms with van der Waals surface area (Å²) in [5.74, 6) is 0. The van der Waals surface area contributed by atoms with Gasteiger partial charge >= 0.3 is 240 Å². The second-order valence-corrected chi connectivity index (χ2v) is 15.6. The molecule has 0 spiro atoms. The molecule has 0 bridgehead atoms. The molecule has 0 saturated carbocycles. The number of benzene rings is 4. The van der Waals surface area contributed by atoms with Crippen molar-refractivity contribution in [2.75, 3.05) is 0 Å². The SMILES string of the molecule is C1=C(c2ccc3ccccc3n2)[CH]([Hf+2][CH]2C(c3ccc4ccccc4n3)=Cc3ccccc32)c2ccccc21.[Cl-].[Cl-]. The Morgan fingerprint density at radius 2 is 0.854 bits per heavy atom. The summed E-state index contributed by atoms with van der Waals surface area (Å²) in [6.07, 6.45) is 4.81. The minimum atomic E-state index is -1.44.